The van der Waals surface area contributed by atoms with E-state index in [2.05, 4.69) is 5.32 Å². The van der Waals surface area contributed by atoms with E-state index in [9.17, 15) is 24.3 Å². The molecule has 2 atom stereocenters. The third kappa shape index (κ3) is 6.23. The summed E-state index contributed by atoms with van der Waals surface area (Å²) in [6.45, 7) is 0.420. The Kier molecular flexibility index (Phi) is 8.55. The third-order valence-corrected chi connectivity index (χ3v) is 6.91. The Bertz CT molecular complexity index is 1200. The fraction of sp³-hybridized carbons (Fsp3) is 0.407. The van der Waals surface area contributed by atoms with Crippen LogP contribution in [-0.2, 0) is 27.5 Å². The molecule has 2 heterocycles. The Hall–Kier alpha value is -4.32. The summed E-state index contributed by atoms with van der Waals surface area (Å²) in [5.41, 5.74) is 1.69. The van der Waals surface area contributed by atoms with Gasteiger partial charge in [-0.15, -0.1) is 0 Å². The number of benzene rings is 2. The SMILES string of the molecule is COc1ccc(CNC(=O)N2[C@H]3CN(Cc4ccc(OC)cc4)C(=O)[C@H](CCC(=O)O)N3C(=O)CN2C)cc1. The molecule has 2 N–H and O–H groups in total. The number of fused-ring (bicyclic) bond motifs is 1. The molecule has 12 heteroatoms. The van der Waals surface area contributed by atoms with Gasteiger partial charge in [0, 0.05) is 26.6 Å². The van der Waals surface area contributed by atoms with Crippen LogP contribution in [0.25, 0.3) is 0 Å². The van der Waals surface area contributed by atoms with Crippen LogP contribution >= 0.6 is 0 Å². The Labute approximate surface area is 226 Å². The Morgan fingerprint density at radius 3 is 2.13 bits per heavy atom. The predicted octanol–water partition coefficient (Wildman–Crippen LogP) is 1.51. The molecule has 0 unspecified atom stereocenters. The second-order valence-electron chi connectivity index (χ2n) is 9.46. The summed E-state index contributed by atoms with van der Waals surface area (Å²) in [5, 5.41) is 15.2. The van der Waals surface area contributed by atoms with Gasteiger partial charge in [-0.3, -0.25) is 14.4 Å². The molecule has 39 heavy (non-hydrogen) atoms. The molecule has 2 aromatic carbocycles. The maximum Gasteiger partial charge on any atom is 0.334 e. The minimum Gasteiger partial charge on any atom is -0.497 e. The monoisotopic (exact) mass is 539 g/mol. The van der Waals surface area contributed by atoms with Crippen molar-refractivity contribution in [3.05, 3.63) is 59.7 Å². The number of carboxylic acid groups (broad SMARTS) is 1. The molecule has 2 aliphatic rings. The topological polar surface area (TPSA) is 132 Å². The molecule has 2 aromatic rings. The van der Waals surface area contributed by atoms with Crippen molar-refractivity contribution in [1.82, 2.24) is 25.1 Å². The maximum absolute atomic E-state index is 13.6. The molecule has 0 aromatic heterocycles. The van der Waals surface area contributed by atoms with Crippen LogP contribution in [-0.4, -0.2) is 95.3 Å². The van der Waals surface area contributed by atoms with E-state index in [1.807, 2.05) is 24.3 Å². The molecule has 2 saturated heterocycles. The van der Waals surface area contributed by atoms with E-state index in [1.54, 1.807) is 50.4 Å². The molecule has 0 bridgehead atoms. The smallest absolute Gasteiger partial charge is 0.334 e. The number of urea groups is 1. The van der Waals surface area contributed by atoms with E-state index in [0.29, 0.717) is 11.5 Å². The van der Waals surface area contributed by atoms with Gasteiger partial charge in [0.2, 0.25) is 11.8 Å². The number of ether oxygens (including phenoxy) is 2. The molecule has 208 valence electrons. The zero-order chi connectivity index (χ0) is 28.1. The largest absolute Gasteiger partial charge is 0.497 e. The lowest BCUT2D eigenvalue weighted by Gasteiger charge is -2.54. The van der Waals surface area contributed by atoms with Crippen molar-refractivity contribution in [3.63, 3.8) is 0 Å². The highest BCUT2D eigenvalue weighted by Crippen LogP contribution is 2.29. The molecule has 0 spiro atoms. The van der Waals surface area contributed by atoms with Gasteiger partial charge >= 0.3 is 12.0 Å². The molecular weight excluding hydrogens is 506 g/mol. The van der Waals surface area contributed by atoms with Crippen LogP contribution in [0.1, 0.15) is 24.0 Å². The molecule has 2 fully saturated rings. The maximum atomic E-state index is 13.6. The van der Waals surface area contributed by atoms with Crippen molar-refractivity contribution < 1.29 is 33.8 Å². The predicted molar refractivity (Wildman–Crippen MR) is 139 cm³/mol. The van der Waals surface area contributed by atoms with Crippen LogP contribution in [0.3, 0.4) is 0 Å². The Morgan fingerprint density at radius 2 is 1.56 bits per heavy atom. The normalized spacial score (nSPS) is 19.5. The number of hydrazine groups is 1. The van der Waals surface area contributed by atoms with Crippen LogP contribution in [0, 0.1) is 0 Å². The molecule has 0 aliphatic carbocycles. The number of nitrogens with zero attached hydrogens (tertiary/aromatic N) is 4. The lowest BCUT2D eigenvalue weighted by atomic mass is 10.0. The van der Waals surface area contributed by atoms with Crippen molar-refractivity contribution >= 4 is 23.8 Å². The second kappa shape index (κ2) is 12.0. The summed E-state index contributed by atoms with van der Waals surface area (Å²) in [4.78, 5) is 54.5. The number of carbonyl (C=O) groups is 4. The summed E-state index contributed by atoms with van der Waals surface area (Å²) < 4.78 is 10.4. The fourth-order valence-electron chi connectivity index (χ4n) is 4.94. The lowest BCUT2D eigenvalue weighted by molar-refractivity contribution is -0.188. The number of hydrogen-bond acceptors (Lipinski definition) is 7. The minimum atomic E-state index is -1.07. The highest BCUT2D eigenvalue weighted by atomic mass is 16.5. The molecule has 2 aliphatic heterocycles. The van der Waals surface area contributed by atoms with Crippen LogP contribution < -0.4 is 14.8 Å². The van der Waals surface area contributed by atoms with Gasteiger partial charge in [0.05, 0.1) is 27.3 Å². The number of amides is 4. The number of likely N-dealkylation sites (N-methyl/N-ethyl adjacent to an activating group) is 1. The molecule has 12 nitrogen and oxygen atoms in total. The van der Waals surface area contributed by atoms with Crippen LogP contribution in [0.5, 0.6) is 11.5 Å². The van der Waals surface area contributed by atoms with Crippen molar-refractivity contribution in [1.29, 1.82) is 0 Å². The van der Waals surface area contributed by atoms with Crippen LogP contribution in [0.2, 0.25) is 0 Å². The number of piperazine rings is 1. The first-order valence-corrected chi connectivity index (χ1v) is 12.6. The summed E-state index contributed by atoms with van der Waals surface area (Å²) in [7, 11) is 4.78. The first-order valence-electron chi connectivity index (χ1n) is 12.6. The number of hydrogen-bond donors (Lipinski definition) is 2. The second-order valence-corrected chi connectivity index (χ2v) is 9.46. The van der Waals surface area contributed by atoms with E-state index in [4.69, 9.17) is 9.47 Å². The summed E-state index contributed by atoms with van der Waals surface area (Å²) in [6, 6.07) is 13.1. The first kappa shape index (κ1) is 27.7. The van der Waals surface area contributed by atoms with E-state index in [0.717, 1.165) is 11.1 Å². The number of methoxy groups -OCH3 is 2. The Balaban J connectivity index is 1.58. The lowest BCUT2D eigenvalue weighted by Crippen LogP contribution is -2.75. The standard InChI is InChI=1S/C27H33N5O7/c1-29-17-24(33)31-22(12-13-25(34)35)26(36)30(15-19-6-10-21(39-3)11-7-19)16-23(31)32(29)27(37)28-14-18-4-8-20(38-2)9-5-18/h4-11,22-23H,12-17H2,1-3H3,(H,28,37)(H,34,35)/t22-,23-/m0/s1. The highest BCUT2D eigenvalue weighted by molar-refractivity contribution is 5.91. The van der Waals surface area contributed by atoms with Gasteiger partial charge in [0.15, 0.2) is 0 Å². The molecule has 0 radical (unpaired) electrons. The van der Waals surface area contributed by atoms with Gasteiger partial charge in [-0.25, -0.2) is 14.8 Å². The molecule has 0 saturated carbocycles. The van der Waals surface area contributed by atoms with Gasteiger partial charge in [0.25, 0.3) is 0 Å². The van der Waals surface area contributed by atoms with Crippen molar-refractivity contribution in [3.8, 4) is 11.5 Å². The van der Waals surface area contributed by atoms with Crippen LogP contribution in [0.4, 0.5) is 4.79 Å². The number of aliphatic carboxylic acids is 1. The average Bonchev–Trinajstić information content (AvgIpc) is 2.92. The number of nitrogens with one attached hydrogen (secondary N) is 1. The minimum absolute atomic E-state index is 0.0550. The average molecular weight is 540 g/mol. The zero-order valence-corrected chi connectivity index (χ0v) is 22.2. The summed E-state index contributed by atoms with van der Waals surface area (Å²) in [6.07, 6.45) is -1.15. The molecule has 4 amide bonds. The van der Waals surface area contributed by atoms with E-state index < -0.39 is 24.2 Å². The van der Waals surface area contributed by atoms with Crippen LogP contribution in [0.15, 0.2) is 48.5 Å². The van der Waals surface area contributed by atoms with Crippen molar-refractivity contribution in [2.45, 2.75) is 38.1 Å². The summed E-state index contributed by atoms with van der Waals surface area (Å²) in [5.74, 6) is -0.378. The van der Waals surface area contributed by atoms with E-state index >= 15 is 0 Å². The van der Waals surface area contributed by atoms with Crippen molar-refractivity contribution in [2.24, 2.45) is 0 Å². The first-order chi connectivity index (χ1) is 18.7. The number of carbonyl (C=O) groups excluding carboxylic acids is 3. The number of rotatable bonds is 9. The van der Waals surface area contributed by atoms with Crippen molar-refractivity contribution in [2.75, 3.05) is 34.4 Å². The quantitative estimate of drug-likeness (QED) is 0.490. The van der Waals surface area contributed by atoms with Gasteiger partial charge in [-0.05, 0) is 41.8 Å². The number of carboxylic acids is 1. The van der Waals surface area contributed by atoms with E-state index in [1.165, 1.54) is 14.9 Å². The summed E-state index contributed by atoms with van der Waals surface area (Å²) >= 11 is 0. The van der Waals surface area contributed by atoms with Gasteiger partial charge in [-0.2, -0.15) is 0 Å². The molecular formula is C27H33N5O7. The van der Waals surface area contributed by atoms with E-state index in [-0.39, 0.29) is 50.8 Å². The Morgan fingerprint density at radius 1 is 0.974 bits per heavy atom. The highest BCUT2D eigenvalue weighted by Gasteiger charge is 2.50. The van der Waals surface area contributed by atoms with Gasteiger partial charge in [-0.1, -0.05) is 24.3 Å². The fourth-order valence-corrected chi connectivity index (χ4v) is 4.94. The third-order valence-electron chi connectivity index (χ3n) is 6.91. The molecule has 4 rings (SSSR count). The van der Waals surface area contributed by atoms with Gasteiger partial charge < -0.3 is 29.7 Å². The van der Waals surface area contributed by atoms with Gasteiger partial charge in [0.1, 0.15) is 23.7 Å². The zero-order valence-electron chi connectivity index (χ0n) is 22.2.